The summed E-state index contributed by atoms with van der Waals surface area (Å²) >= 11 is 0. The molecule has 0 saturated carbocycles. The van der Waals surface area contributed by atoms with E-state index in [9.17, 15) is 15.3 Å². The molecule has 0 amide bonds. The number of hydrogen-bond acceptors (Lipinski definition) is 6. The molecule has 3 atom stereocenters. The van der Waals surface area contributed by atoms with Crippen LogP contribution in [0, 0.1) is 27.7 Å². The number of hydrogen-bond donors (Lipinski definition) is 3. The summed E-state index contributed by atoms with van der Waals surface area (Å²) in [5.74, 6) is 1.36. The van der Waals surface area contributed by atoms with E-state index in [-0.39, 0.29) is 16.9 Å². The maximum Gasteiger partial charge on any atom is 0.163 e. The van der Waals surface area contributed by atoms with Gasteiger partial charge in [-0.2, -0.15) is 0 Å². The van der Waals surface area contributed by atoms with Crippen LogP contribution in [0.1, 0.15) is 215 Å². The van der Waals surface area contributed by atoms with Gasteiger partial charge < -0.3 is 29.5 Å². The number of aryl methyl sites for hydroxylation is 4. The Labute approximate surface area is 401 Å². The van der Waals surface area contributed by atoms with E-state index in [0.717, 1.165) is 81.1 Å². The molecule has 66 heavy (non-hydrogen) atoms. The number of benzene rings is 4. The molecule has 0 bridgehead atoms. The SMILES string of the molecule is CCC(O)(CC)CC(C)c1ccc(C(CC)(CC)c2ccc(O)c(C)c2)cc1C.CCC(O)(CC)CC(C)c1ccc(C(CC)(CC)c2ccc(OC[C@@H]3COC(C)(C)O3)c(C)c2)cc1C. The summed E-state index contributed by atoms with van der Waals surface area (Å²) in [4.78, 5) is 0. The van der Waals surface area contributed by atoms with Crippen LogP contribution in [0.3, 0.4) is 0 Å². The molecule has 0 spiro atoms. The maximum absolute atomic E-state index is 10.9. The molecule has 0 radical (unpaired) electrons. The van der Waals surface area contributed by atoms with Gasteiger partial charge in [0, 0.05) is 10.8 Å². The lowest BCUT2D eigenvalue weighted by Crippen LogP contribution is -2.29. The molecular weight excluding hydrogens is 817 g/mol. The quantitative estimate of drug-likeness (QED) is 0.0772. The predicted octanol–water partition coefficient (Wildman–Crippen LogP) is 15.1. The van der Waals surface area contributed by atoms with Crippen LogP contribution < -0.4 is 4.74 Å². The highest BCUT2D eigenvalue weighted by Crippen LogP contribution is 2.44. The second-order valence-electron chi connectivity index (χ2n) is 20.5. The predicted molar refractivity (Wildman–Crippen MR) is 277 cm³/mol. The summed E-state index contributed by atoms with van der Waals surface area (Å²) in [6, 6.07) is 26.6. The summed E-state index contributed by atoms with van der Waals surface area (Å²) in [7, 11) is 0. The largest absolute Gasteiger partial charge is 0.508 e. The van der Waals surface area contributed by atoms with E-state index in [4.69, 9.17) is 14.2 Å². The lowest BCUT2D eigenvalue weighted by Gasteiger charge is -2.35. The second-order valence-corrected chi connectivity index (χ2v) is 20.5. The molecule has 1 fully saturated rings. The lowest BCUT2D eigenvalue weighted by atomic mass is 9.69. The fourth-order valence-electron chi connectivity index (χ4n) is 11.0. The first-order valence-electron chi connectivity index (χ1n) is 25.6. The first-order valence-corrected chi connectivity index (χ1v) is 25.6. The van der Waals surface area contributed by atoms with Crippen molar-refractivity contribution in [2.75, 3.05) is 13.2 Å². The highest BCUT2D eigenvalue weighted by atomic mass is 16.7. The highest BCUT2D eigenvalue weighted by Gasteiger charge is 2.36. The average Bonchev–Trinajstić information content (AvgIpc) is 3.66. The Morgan fingerprint density at radius 1 is 0.561 bits per heavy atom. The second kappa shape index (κ2) is 23.1. The number of phenolic OH excluding ortho intramolecular Hbond substituents is 1. The Kier molecular flexibility index (Phi) is 19.2. The molecule has 6 heteroatoms. The van der Waals surface area contributed by atoms with Crippen molar-refractivity contribution >= 4 is 0 Å². The van der Waals surface area contributed by atoms with Crippen LogP contribution in [-0.4, -0.2) is 51.6 Å². The first kappa shape index (κ1) is 54.9. The summed E-state index contributed by atoms with van der Waals surface area (Å²) in [5.41, 5.74) is 11.4. The Hall–Kier alpha value is -3.68. The van der Waals surface area contributed by atoms with Crippen LogP contribution in [0.5, 0.6) is 11.5 Å². The van der Waals surface area contributed by atoms with Crippen LogP contribution in [0.4, 0.5) is 0 Å². The summed E-state index contributed by atoms with van der Waals surface area (Å²) in [5, 5.41) is 31.7. The van der Waals surface area contributed by atoms with Gasteiger partial charge in [0.25, 0.3) is 0 Å². The number of ether oxygens (including phenoxy) is 3. The fourth-order valence-corrected chi connectivity index (χ4v) is 11.0. The van der Waals surface area contributed by atoms with Crippen LogP contribution >= 0.6 is 0 Å². The maximum atomic E-state index is 10.9. The lowest BCUT2D eigenvalue weighted by molar-refractivity contribution is -0.141. The fraction of sp³-hybridized carbons (Fsp3) is 0.600. The average molecular weight is 907 g/mol. The van der Waals surface area contributed by atoms with E-state index < -0.39 is 17.0 Å². The van der Waals surface area contributed by atoms with Gasteiger partial charge in [0.05, 0.1) is 17.8 Å². The first-order chi connectivity index (χ1) is 31.1. The van der Waals surface area contributed by atoms with Crippen molar-refractivity contribution in [3.05, 3.63) is 128 Å². The van der Waals surface area contributed by atoms with Crippen molar-refractivity contribution in [2.45, 2.75) is 221 Å². The Bertz CT molecular complexity index is 2150. The molecule has 4 aromatic carbocycles. The minimum absolute atomic E-state index is 0.0472. The van der Waals surface area contributed by atoms with Gasteiger partial charge in [0.2, 0.25) is 0 Å². The van der Waals surface area contributed by atoms with E-state index in [0.29, 0.717) is 30.8 Å². The van der Waals surface area contributed by atoms with E-state index in [1.165, 1.54) is 44.5 Å². The van der Waals surface area contributed by atoms with Crippen molar-refractivity contribution in [3.8, 4) is 11.5 Å². The van der Waals surface area contributed by atoms with Crippen LogP contribution in [0.2, 0.25) is 0 Å². The van der Waals surface area contributed by atoms with E-state index in [2.05, 4.69) is 157 Å². The van der Waals surface area contributed by atoms with Gasteiger partial charge in [-0.1, -0.05) is 130 Å². The third kappa shape index (κ3) is 12.5. The topological polar surface area (TPSA) is 88.4 Å². The summed E-state index contributed by atoms with van der Waals surface area (Å²) < 4.78 is 17.7. The molecule has 3 N–H and O–H groups in total. The molecule has 5 rings (SSSR count). The Balaban J connectivity index is 0.000000297. The van der Waals surface area contributed by atoms with Gasteiger partial charge in [0.1, 0.15) is 24.2 Å². The monoisotopic (exact) mass is 907 g/mol. The summed E-state index contributed by atoms with van der Waals surface area (Å²) in [6.07, 6.45) is 8.76. The minimum atomic E-state index is -0.588. The third-order valence-corrected chi connectivity index (χ3v) is 16.1. The molecule has 0 aromatic heterocycles. The molecule has 1 heterocycles. The van der Waals surface area contributed by atoms with Gasteiger partial charge in [-0.25, -0.2) is 0 Å². The molecule has 1 aliphatic rings. The molecule has 4 aromatic rings. The van der Waals surface area contributed by atoms with Gasteiger partial charge >= 0.3 is 0 Å². The number of aromatic hydroxyl groups is 1. The number of phenols is 1. The molecule has 2 unspecified atom stereocenters. The van der Waals surface area contributed by atoms with Gasteiger partial charge in [0.15, 0.2) is 5.79 Å². The normalized spacial score (nSPS) is 16.4. The van der Waals surface area contributed by atoms with E-state index >= 15 is 0 Å². The van der Waals surface area contributed by atoms with Crippen molar-refractivity contribution in [3.63, 3.8) is 0 Å². The van der Waals surface area contributed by atoms with Crippen LogP contribution in [-0.2, 0) is 20.3 Å². The van der Waals surface area contributed by atoms with Crippen molar-refractivity contribution in [1.29, 1.82) is 0 Å². The van der Waals surface area contributed by atoms with E-state index in [1.807, 2.05) is 26.8 Å². The van der Waals surface area contributed by atoms with Crippen molar-refractivity contribution < 1.29 is 29.5 Å². The number of aliphatic hydroxyl groups is 2. The molecular formula is C60H90O6. The van der Waals surface area contributed by atoms with Crippen LogP contribution in [0.25, 0.3) is 0 Å². The molecule has 1 saturated heterocycles. The number of rotatable bonds is 21. The zero-order chi connectivity index (χ0) is 49.3. The van der Waals surface area contributed by atoms with Crippen LogP contribution in [0.15, 0.2) is 72.8 Å². The highest BCUT2D eigenvalue weighted by molar-refractivity contribution is 5.49. The Morgan fingerprint density at radius 3 is 1.27 bits per heavy atom. The molecule has 6 nitrogen and oxygen atoms in total. The summed E-state index contributed by atoms with van der Waals surface area (Å²) in [6.45, 7) is 35.3. The van der Waals surface area contributed by atoms with Crippen molar-refractivity contribution in [2.24, 2.45) is 0 Å². The molecule has 0 aliphatic carbocycles. The van der Waals surface area contributed by atoms with Gasteiger partial charge in [-0.15, -0.1) is 0 Å². The third-order valence-electron chi connectivity index (χ3n) is 16.1. The van der Waals surface area contributed by atoms with Crippen molar-refractivity contribution in [1.82, 2.24) is 0 Å². The Morgan fingerprint density at radius 2 is 0.939 bits per heavy atom. The zero-order valence-electron chi connectivity index (χ0n) is 44.2. The van der Waals surface area contributed by atoms with Gasteiger partial charge in [-0.05, 0) is 185 Å². The van der Waals surface area contributed by atoms with E-state index in [1.54, 1.807) is 0 Å². The van der Waals surface area contributed by atoms with Gasteiger partial charge in [-0.3, -0.25) is 0 Å². The zero-order valence-corrected chi connectivity index (χ0v) is 44.2. The smallest absolute Gasteiger partial charge is 0.163 e. The molecule has 366 valence electrons. The molecule has 1 aliphatic heterocycles. The minimum Gasteiger partial charge on any atom is -0.508 e. The standard InChI is InChI=1S/C33H50O4.C27H40O2/c1-10-32(34,11-2)20-25(7)29-16-14-26(18-23(29)5)33(12-3,13-4)27-15-17-30(24(6)19-27)35-21-28-22-36-31(8,9)37-28;1-8-26(29,9-2)18-21(7)24-14-12-22(16-19(24)5)27(10-3,11-4)23-13-15-25(28)20(6)17-23/h14-19,25,28,34H,10-13,20-22H2,1-9H3;12-17,21,28-29H,8-11,18H2,1-7H3/t25?,28-;/m1./s1.